The third-order valence-electron chi connectivity index (χ3n) is 3.25. The van der Waals surface area contributed by atoms with E-state index in [0.717, 1.165) is 22.0 Å². The maximum atomic E-state index is 6.37. The molecule has 1 atom stereocenters. The van der Waals surface area contributed by atoms with Gasteiger partial charge in [0.05, 0.1) is 6.04 Å². The molecule has 106 valence electrons. The van der Waals surface area contributed by atoms with Crippen LogP contribution in [-0.2, 0) is 6.42 Å². The summed E-state index contributed by atoms with van der Waals surface area (Å²) in [4.78, 5) is 0. The fourth-order valence-corrected chi connectivity index (χ4v) is 3.11. The highest BCUT2D eigenvalue weighted by molar-refractivity contribution is 9.10. The predicted molar refractivity (Wildman–Crippen MR) is 90.2 cm³/mol. The summed E-state index contributed by atoms with van der Waals surface area (Å²) in [6.45, 7) is 4.44. The fraction of sp³-hybridized carbons (Fsp3) is 0.294. The molecule has 0 aliphatic heterocycles. The van der Waals surface area contributed by atoms with E-state index in [1.54, 1.807) is 0 Å². The van der Waals surface area contributed by atoms with Crippen LogP contribution in [0.2, 0.25) is 5.02 Å². The van der Waals surface area contributed by atoms with Crippen molar-refractivity contribution in [2.75, 3.05) is 0 Å². The van der Waals surface area contributed by atoms with Gasteiger partial charge in [-0.05, 0) is 41.2 Å². The molecule has 3 heteroatoms. The number of hydrogen-bond donors (Lipinski definition) is 1. The van der Waals surface area contributed by atoms with Crippen LogP contribution in [0.15, 0.2) is 46.9 Å². The maximum absolute atomic E-state index is 6.37. The van der Waals surface area contributed by atoms with Crippen molar-refractivity contribution < 1.29 is 0 Å². The van der Waals surface area contributed by atoms with Gasteiger partial charge in [0.15, 0.2) is 0 Å². The van der Waals surface area contributed by atoms with E-state index >= 15 is 0 Å². The Bertz CT molecular complexity index is 595. The van der Waals surface area contributed by atoms with Crippen LogP contribution in [0.25, 0.3) is 0 Å². The van der Waals surface area contributed by atoms with Crippen LogP contribution < -0.4 is 5.73 Å². The summed E-state index contributed by atoms with van der Waals surface area (Å²) >= 11 is 9.70. The smallest absolute Gasteiger partial charge is 0.0566 e. The monoisotopic (exact) mass is 351 g/mol. The number of nitrogens with two attached hydrogens (primary N) is 1. The highest BCUT2D eigenvalue weighted by Crippen LogP contribution is 2.29. The third kappa shape index (κ3) is 3.85. The van der Waals surface area contributed by atoms with E-state index in [1.807, 2.05) is 18.2 Å². The average molecular weight is 353 g/mol. The summed E-state index contributed by atoms with van der Waals surface area (Å²) in [6.07, 6.45) is 1.06. The zero-order chi connectivity index (χ0) is 14.7. The summed E-state index contributed by atoms with van der Waals surface area (Å²) in [5.74, 6) is 0.637. The lowest BCUT2D eigenvalue weighted by molar-refractivity contribution is 0.646. The molecule has 0 aromatic heterocycles. The Morgan fingerprint density at radius 3 is 2.55 bits per heavy atom. The summed E-state index contributed by atoms with van der Waals surface area (Å²) in [7, 11) is 0. The van der Waals surface area contributed by atoms with Crippen LogP contribution in [0.5, 0.6) is 0 Å². The van der Waals surface area contributed by atoms with Gasteiger partial charge in [-0.1, -0.05) is 71.7 Å². The second-order valence-corrected chi connectivity index (χ2v) is 6.81. The average Bonchev–Trinajstić information content (AvgIpc) is 2.37. The number of hydrogen-bond acceptors (Lipinski definition) is 1. The molecule has 0 amide bonds. The summed E-state index contributed by atoms with van der Waals surface area (Å²) in [5, 5.41) is 0.695. The Hall–Kier alpha value is -0.830. The minimum absolute atomic E-state index is 0.192. The lowest BCUT2D eigenvalue weighted by atomic mass is 9.95. The molecule has 2 N–H and O–H groups in total. The van der Waals surface area contributed by atoms with Gasteiger partial charge in [-0.2, -0.15) is 0 Å². The molecule has 1 nitrogen and oxygen atoms in total. The standard InChI is InChI=1S/C17H19BrClN/c1-11(2)8-12-4-3-5-13(9-12)17(20)15-7-6-14(18)10-16(15)19/h3-7,9-11,17H,8,20H2,1-2H3. The van der Waals surface area contributed by atoms with Crippen molar-refractivity contribution in [3.63, 3.8) is 0 Å². The SMILES string of the molecule is CC(C)Cc1cccc(C(N)c2ccc(Br)cc2Cl)c1. The van der Waals surface area contributed by atoms with Crippen molar-refractivity contribution in [1.82, 2.24) is 0 Å². The highest BCUT2D eigenvalue weighted by Gasteiger charge is 2.13. The molecule has 20 heavy (non-hydrogen) atoms. The van der Waals surface area contributed by atoms with E-state index in [4.69, 9.17) is 17.3 Å². The number of halogens is 2. The van der Waals surface area contributed by atoms with E-state index in [9.17, 15) is 0 Å². The van der Waals surface area contributed by atoms with Crippen LogP contribution in [0.4, 0.5) is 0 Å². The van der Waals surface area contributed by atoms with E-state index in [2.05, 4.69) is 54.0 Å². The normalized spacial score (nSPS) is 12.7. The Labute approximate surface area is 134 Å². The first-order valence-electron chi connectivity index (χ1n) is 6.76. The second-order valence-electron chi connectivity index (χ2n) is 5.49. The summed E-state index contributed by atoms with van der Waals surface area (Å²) in [5.41, 5.74) is 9.75. The van der Waals surface area contributed by atoms with Crippen LogP contribution in [0, 0.1) is 5.92 Å². The second kappa shape index (κ2) is 6.75. The van der Waals surface area contributed by atoms with E-state index in [-0.39, 0.29) is 6.04 Å². The molecule has 2 aromatic carbocycles. The van der Waals surface area contributed by atoms with Gasteiger partial charge in [0.25, 0.3) is 0 Å². The van der Waals surface area contributed by atoms with Crippen LogP contribution >= 0.6 is 27.5 Å². The molecular weight excluding hydrogens is 334 g/mol. The van der Waals surface area contributed by atoms with Gasteiger partial charge in [-0.25, -0.2) is 0 Å². The molecule has 0 spiro atoms. The first-order valence-corrected chi connectivity index (χ1v) is 7.94. The lowest BCUT2D eigenvalue weighted by Gasteiger charge is -2.16. The van der Waals surface area contributed by atoms with Crippen molar-refractivity contribution in [2.24, 2.45) is 11.7 Å². The molecular formula is C17H19BrClN. The fourth-order valence-electron chi connectivity index (χ4n) is 2.32. The predicted octanol–water partition coefficient (Wildman–Crippen LogP) is 5.35. The van der Waals surface area contributed by atoms with Crippen molar-refractivity contribution in [2.45, 2.75) is 26.3 Å². The third-order valence-corrected chi connectivity index (χ3v) is 4.07. The van der Waals surface area contributed by atoms with Gasteiger partial charge in [0.1, 0.15) is 0 Å². The van der Waals surface area contributed by atoms with Crippen LogP contribution in [0.3, 0.4) is 0 Å². The zero-order valence-electron chi connectivity index (χ0n) is 11.7. The van der Waals surface area contributed by atoms with Crippen LogP contribution in [-0.4, -0.2) is 0 Å². The molecule has 2 rings (SSSR count). The van der Waals surface area contributed by atoms with Crippen LogP contribution in [0.1, 0.15) is 36.6 Å². The molecule has 0 saturated carbocycles. The highest BCUT2D eigenvalue weighted by atomic mass is 79.9. The number of rotatable bonds is 4. The van der Waals surface area contributed by atoms with Crippen molar-refractivity contribution >= 4 is 27.5 Å². The molecule has 0 heterocycles. The van der Waals surface area contributed by atoms with Gasteiger partial charge in [0, 0.05) is 9.50 Å². The Morgan fingerprint density at radius 2 is 1.90 bits per heavy atom. The lowest BCUT2D eigenvalue weighted by Crippen LogP contribution is -2.13. The first kappa shape index (κ1) is 15.6. The summed E-state index contributed by atoms with van der Waals surface area (Å²) in [6, 6.07) is 14.1. The van der Waals surface area contributed by atoms with Crippen molar-refractivity contribution in [3.8, 4) is 0 Å². The minimum Gasteiger partial charge on any atom is -0.320 e. The van der Waals surface area contributed by atoms with Gasteiger partial charge in [-0.3, -0.25) is 0 Å². The maximum Gasteiger partial charge on any atom is 0.0566 e. The van der Waals surface area contributed by atoms with E-state index in [1.165, 1.54) is 5.56 Å². The Morgan fingerprint density at radius 1 is 1.15 bits per heavy atom. The minimum atomic E-state index is -0.192. The topological polar surface area (TPSA) is 26.0 Å². The molecule has 0 aliphatic carbocycles. The molecule has 0 aliphatic rings. The Balaban J connectivity index is 2.30. The van der Waals surface area contributed by atoms with Gasteiger partial charge >= 0.3 is 0 Å². The van der Waals surface area contributed by atoms with E-state index < -0.39 is 0 Å². The van der Waals surface area contributed by atoms with Gasteiger partial charge in [-0.15, -0.1) is 0 Å². The van der Waals surface area contributed by atoms with Crippen molar-refractivity contribution in [3.05, 3.63) is 68.7 Å². The molecule has 1 unspecified atom stereocenters. The molecule has 0 bridgehead atoms. The van der Waals surface area contributed by atoms with E-state index in [0.29, 0.717) is 10.9 Å². The summed E-state index contributed by atoms with van der Waals surface area (Å²) < 4.78 is 0.965. The van der Waals surface area contributed by atoms with Crippen molar-refractivity contribution in [1.29, 1.82) is 0 Å². The molecule has 0 radical (unpaired) electrons. The van der Waals surface area contributed by atoms with Gasteiger partial charge in [0.2, 0.25) is 0 Å². The van der Waals surface area contributed by atoms with Gasteiger partial charge < -0.3 is 5.73 Å². The number of benzene rings is 2. The molecule has 0 fully saturated rings. The zero-order valence-corrected chi connectivity index (χ0v) is 14.1. The largest absolute Gasteiger partial charge is 0.320 e. The first-order chi connectivity index (χ1) is 9.47. The Kier molecular flexibility index (Phi) is 5.25. The molecule has 2 aromatic rings. The molecule has 0 saturated heterocycles. The quantitative estimate of drug-likeness (QED) is 0.788.